The molecule has 0 saturated carbocycles. The van der Waals surface area contributed by atoms with Crippen molar-refractivity contribution in [2.45, 2.75) is 0 Å². The molecule has 0 atom stereocenters. The van der Waals surface area contributed by atoms with Crippen molar-refractivity contribution in [3.63, 3.8) is 0 Å². The van der Waals surface area contributed by atoms with Crippen LogP contribution in [0.15, 0.2) is 77.3 Å². The number of aromatic nitrogens is 1. The minimum atomic E-state index is -1.21. The molecule has 1 heterocycles. The minimum absolute atomic E-state index is 0.447. The van der Waals surface area contributed by atoms with Crippen LogP contribution in [0.25, 0.3) is 22.2 Å². The van der Waals surface area contributed by atoms with Crippen molar-refractivity contribution in [3.05, 3.63) is 108 Å². The van der Waals surface area contributed by atoms with Gasteiger partial charge in [0.2, 0.25) is 0 Å². The van der Waals surface area contributed by atoms with Crippen LogP contribution in [-0.4, -0.2) is 24.9 Å². The number of nitrogens with zero attached hydrogens (tertiary/aromatic N) is 4. The lowest BCUT2D eigenvalue weighted by molar-refractivity contribution is -0.404. The average molecular weight is 513 g/mol. The van der Waals surface area contributed by atoms with Gasteiger partial charge in [-0.05, 0) is 12.1 Å². The van der Waals surface area contributed by atoms with Crippen LogP contribution in [0.2, 0.25) is 0 Å². The van der Waals surface area contributed by atoms with Gasteiger partial charge in [-0.3, -0.25) is 30.3 Å². The van der Waals surface area contributed by atoms with Gasteiger partial charge in [0.25, 0.3) is 11.4 Å². The molecule has 1 N–H and O–H groups in total. The van der Waals surface area contributed by atoms with E-state index in [1.54, 1.807) is 0 Å². The number of non-ortho nitro benzene ring substituents is 1. The molecule has 1 aromatic heterocycles. The van der Waals surface area contributed by atoms with Crippen molar-refractivity contribution < 1.29 is 19.9 Å². The molecule has 4 aromatic rings. The van der Waals surface area contributed by atoms with E-state index in [1.165, 1.54) is 0 Å². The molecule has 0 unspecified atom stereocenters. The first-order valence-corrected chi connectivity index (χ1v) is 9.89. The number of aromatic hydroxyl groups is 1. The predicted octanol–water partition coefficient (Wildman–Crippen LogP) is 5.78. The van der Waals surface area contributed by atoms with Gasteiger partial charge < -0.3 is 5.11 Å². The van der Waals surface area contributed by atoms with Crippen LogP contribution in [0.4, 0.5) is 17.1 Å². The highest BCUT2D eigenvalue weighted by molar-refractivity contribution is 9.10. The maximum Gasteiger partial charge on any atom is 0.324 e. The minimum Gasteiger partial charge on any atom is -0.497 e. The normalized spacial score (nSPS) is 10.2. The van der Waals surface area contributed by atoms with Gasteiger partial charge in [0.15, 0.2) is 0 Å². The average Bonchev–Trinajstić information content (AvgIpc) is 2.79. The molecule has 0 bridgehead atoms. The number of para-hydroxylation sites is 1. The number of rotatable bonds is 4. The Kier molecular flexibility index (Phi) is 6.88. The smallest absolute Gasteiger partial charge is 0.324 e. The maximum atomic E-state index is 10.4. The topological polar surface area (TPSA) is 163 Å². The van der Waals surface area contributed by atoms with Crippen LogP contribution in [0.5, 0.6) is 5.75 Å². The summed E-state index contributed by atoms with van der Waals surface area (Å²) in [4.78, 5) is 32.4. The summed E-state index contributed by atoms with van der Waals surface area (Å²) in [7, 11) is 0. The molecule has 166 valence electrons. The SMILES string of the molecule is Brc1cc(-c2ccccc2)nc2ccccc12.O=[N+]([O-])c1cc([N+](=O)[O-])c(O)c([N+](=O)[O-])c1. The van der Waals surface area contributed by atoms with Crippen molar-refractivity contribution in [2.75, 3.05) is 0 Å². The van der Waals surface area contributed by atoms with E-state index >= 15 is 0 Å². The molecular formula is C21H13BrN4O7. The van der Waals surface area contributed by atoms with E-state index in [-0.39, 0.29) is 0 Å². The molecule has 0 amide bonds. The number of nitro benzene ring substituents is 3. The lowest BCUT2D eigenvalue weighted by Gasteiger charge is -2.05. The van der Waals surface area contributed by atoms with Gasteiger partial charge in [0.1, 0.15) is 0 Å². The Labute approximate surface area is 193 Å². The third-order valence-electron chi connectivity index (χ3n) is 4.39. The Morgan fingerprint density at radius 2 is 1.30 bits per heavy atom. The van der Waals surface area contributed by atoms with Gasteiger partial charge in [-0.1, -0.05) is 64.5 Å². The summed E-state index contributed by atoms with van der Waals surface area (Å²) < 4.78 is 1.09. The molecule has 33 heavy (non-hydrogen) atoms. The molecule has 0 aliphatic heterocycles. The Hall–Kier alpha value is -4.45. The number of phenolic OH excluding ortho intramolecular Hbond substituents is 1. The highest BCUT2D eigenvalue weighted by atomic mass is 79.9. The van der Waals surface area contributed by atoms with Gasteiger partial charge >= 0.3 is 11.4 Å². The first-order chi connectivity index (χ1) is 15.7. The molecular weight excluding hydrogens is 500 g/mol. The van der Waals surface area contributed by atoms with Gasteiger partial charge in [-0.25, -0.2) is 4.98 Å². The van der Waals surface area contributed by atoms with Crippen molar-refractivity contribution in [3.8, 4) is 17.0 Å². The highest BCUT2D eigenvalue weighted by Gasteiger charge is 2.30. The van der Waals surface area contributed by atoms with Crippen molar-refractivity contribution in [1.29, 1.82) is 0 Å². The summed E-state index contributed by atoms with van der Waals surface area (Å²) in [5.41, 5.74) is 0.147. The predicted molar refractivity (Wildman–Crippen MR) is 123 cm³/mol. The molecule has 3 aromatic carbocycles. The summed E-state index contributed by atoms with van der Waals surface area (Å²) in [6.07, 6.45) is 0. The maximum absolute atomic E-state index is 10.4. The quantitative estimate of drug-likeness (QED) is 0.265. The lowest BCUT2D eigenvalue weighted by atomic mass is 10.1. The molecule has 0 saturated heterocycles. The summed E-state index contributed by atoms with van der Waals surface area (Å²) in [6, 6.07) is 21.3. The molecule has 0 spiro atoms. The Morgan fingerprint density at radius 3 is 1.85 bits per heavy atom. The first kappa shape index (κ1) is 23.2. The monoisotopic (exact) mass is 512 g/mol. The number of hydrogen-bond acceptors (Lipinski definition) is 8. The Morgan fingerprint density at radius 1 is 0.758 bits per heavy atom. The fourth-order valence-corrected chi connectivity index (χ4v) is 3.42. The zero-order valence-corrected chi connectivity index (χ0v) is 18.1. The Bertz CT molecular complexity index is 1340. The summed E-state index contributed by atoms with van der Waals surface area (Å²) >= 11 is 3.60. The number of hydrogen-bond donors (Lipinski definition) is 1. The first-order valence-electron chi connectivity index (χ1n) is 9.10. The number of benzene rings is 3. The number of pyridine rings is 1. The molecule has 11 nitrogen and oxygen atoms in total. The standard InChI is InChI=1S/C15H10BrN.C6H3N3O7/c16-13-10-15(11-6-2-1-3-7-11)17-14-9-5-4-8-12(13)14;10-6-4(8(13)14)1-3(7(11)12)2-5(6)9(15)16/h1-10H;1-2,10H. The third kappa shape index (κ3) is 5.25. The van der Waals surface area contributed by atoms with Crippen LogP contribution < -0.4 is 0 Å². The van der Waals surface area contributed by atoms with Gasteiger partial charge in [0.05, 0.1) is 38.1 Å². The van der Waals surface area contributed by atoms with E-state index < -0.39 is 37.6 Å². The lowest BCUT2D eigenvalue weighted by Crippen LogP contribution is -1.97. The van der Waals surface area contributed by atoms with E-state index in [0.29, 0.717) is 12.1 Å². The van der Waals surface area contributed by atoms with E-state index in [4.69, 9.17) is 5.11 Å². The van der Waals surface area contributed by atoms with Gasteiger partial charge in [-0.2, -0.15) is 0 Å². The van der Waals surface area contributed by atoms with E-state index in [2.05, 4.69) is 45.2 Å². The highest BCUT2D eigenvalue weighted by Crippen LogP contribution is 2.39. The molecule has 0 radical (unpaired) electrons. The second-order valence-electron chi connectivity index (χ2n) is 6.48. The number of halogens is 1. The molecule has 0 aliphatic carbocycles. The molecule has 12 heteroatoms. The van der Waals surface area contributed by atoms with E-state index in [1.807, 2.05) is 36.4 Å². The van der Waals surface area contributed by atoms with Gasteiger partial charge in [0, 0.05) is 15.4 Å². The van der Waals surface area contributed by atoms with Crippen molar-refractivity contribution in [2.24, 2.45) is 0 Å². The molecule has 0 fully saturated rings. The number of phenols is 1. The van der Waals surface area contributed by atoms with Crippen LogP contribution in [0.3, 0.4) is 0 Å². The van der Waals surface area contributed by atoms with Crippen LogP contribution in [0, 0.1) is 30.3 Å². The van der Waals surface area contributed by atoms with Gasteiger partial charge in [-0.15, -0.1) is 0 Å². The third-order valence-corrected chi connectivity index (χ3v) is 5.05. The second-order valence-corrected chi connectivity index (χ2v) is 7.33. The van der Waals surface area contributed by atoms with Crippen LogP contribution >= 0.6 is 15.9 Å². The summed E-state index contributed by atoms with van der Waals surface area (Å²) in [6.45, 7) is 0. The largest absolute Gasteiger partial charge is 0.497 e. The fraction of sp³-hybridized carbons (Fsp3) is 0. The van der Waals surface area contributed by atoms with Crippen molar-refractivity contribution >= 4 is 43.9 Å². The summed E-state index contributed by atoms with van der Waals surface area (Å²) in [5.74, 6) is -1.21. The van der Waals surface area contributed by atoms with Crippen molar-refractivity contribution in [1.82, 2.24) is 4.98 Å². The zero-order valence-electron chi connectivity index (χ0n) is 16.5. The number of nitro groups is 3. The van der Waals surface area contributed by atoms with Crippen LogP contribution in [0.1, 0.15) is 0 Å². The Balaban J connectivity index is 0.000000186. The second kappa shape index (κ2) is 9.78. The van der Waals surface area contributed by atoms with E-state index in [9.17, 15) is 30.3 Å². The molecule has 0 aliphatic rings. The summed E-state index contributed by atoms with van der Waals surface area (Å²) in [5, 5.41) is 41.4. The zero-order chi connectivity index (χ0) is 24.1. The van der Waals surface area contributed by atoms with Crippen LogP contribution in [-0.2, 0) is 0 Å². The number of fused-ring (bicyclic) bond motifs is 1. The van der Waals surface area contributed by atoms with E-state index in [0.717, 1.165) is 26.6 Å². The fourth-order valence-electron chi connectivity index (χ4n) is 2.86. The molecule has 4 rings (SSSR count).